The average Bonchev–Trinajstić information content (AvgIpc) is 3.33. The van der Waals surface area contributed by atoms with Crippen LogP contribution in [0.25, 0.3) is 22.4 Å². The molecule has 4 nitrogen and oxygen atoms in total. The molecule has 1 N–H and O–H groups in total. The SMILES string of the molecule is C[C@@H](CC(=O)C1CCC(CC(=O)Cc2ccc3nc(-c4ccccc4)[nH]c3c2)CC1)c1ccc(F)cc1. The number of ketones is 2. The number of imidazole rings is 1. The zero-order valence-electron chi connectivity index (χ0n) is 21.3. The molecule has 1 saturated carbocycles. The van der Waals surface area contributed by atoms with Crippen molar-refractivity contribution in [2.45, 2.75) is 57.8 Å². The van der Waals surface area contributed by atoms with Crippen LogP contribution in [0, 0.1) is 17.7 Å². The van der Waals surface area contributed by atoms with E-state index < -0.39 is 0 Å². The Balaban J connectivity index is 1.10. The van der Waals surface area contributed by atoms with E-state index in [4.69, 9.17) is 0 Å². The summed E-state index contributed by atoms with van der Waals surface area (Å²) in [6, 6.07) is 22.5. The van der Waals surface area contributed by atoms with Crippen LogP contribution >= 0.6 is 0 Å². The van der Waals surface area contributed by atoms with E-state index in [-0.39, 0.29) is 23.4 Å². The molecule has 0 spiro atoms. The summed E-state index contributed by atoms with van der Waals surface area (Å²) in [4.78, 5) is 33.8. The number of aromatic nitrogens is 2. The van der Waals surface area contributed by atoms with Gasteiger partial charge in [0, 0.05) is 30.7 Å². The maximum atomic E-state index is 13.2. The molecule has 37 heavy (non-hydrogen) atoms. The van der Waals surface area contributed by atoms with Crippen molar-refractivity contribution < 1.29 is 14.0 Å². The van der Waals surface area contributed by atoms with Gasteiger partial charge in [0.1, 0.15) is 23.2 Å². The third kappa shape index (κ3) is 6.22. The van der Waals surface area contributed by atoms with Crippen molar-refractivity contribution in [2.24, 2.45) is 11.8 Å². The van der Waals surface area contributed by atoms with Crippen molar-refractivity contribution in [3.05, 3.63) is 89.7 Å². The number of rotatable bonds is 9. The number of benzene rings is 3. The van der Waals surface area contributed by atoms with Gasteiger partial charge in [0.05, 0.1) is 11.0 Å². The summed E-state index contributed by atoms with van der Waals surface area (Å²) in [6.45, 7) is 2.03. The van der Waals surface area contributed by atoms with Gasteiger partial charge in [-0.15, -0.1) is 0 Å². The highest BCUT2D eigenvalue weighted by Crippen LogP contribution is 2.34. The molecule has 0 bridgehead atoms. The van der Waals surface area contributed by atoms with Gasteiger partial charge in [-0.3, -0.25) is 9.59 Å². The number of nitrogens with one attached hydrogen (secondary N) is 1. The molecule has 0 amide bonds. The van der Waals surface area contributed by atoms with Crippen molar-refractivity contribution in [1.29, 1.82) is 0 Å². The Labute approximate surface area is 217 Å². The third-order valence-corrected chi connectivity index (χ3v) is 7.76. The summed E-state index contributed by atoms with van der Waals surface area (Å²) in [5, 5.41) is 0. The van der Waals surface area contributed by atoms with E-state index in [1.165, 1.54) is 12.1 Å². The Morgan fingerprint density at radius 2 is 1.70 bits per heavy atom. The summed E-state index contributed by atoms with van der Waals surface area (Å²) < 4.78 is 13.2. The molecular formula is C32H33FN2O2. The van der Waals surface area contributed by atoms with Crippen LogP contribution in [0.3, 0.4) is 0 Å². The average molecular weight is 497 g/mol. The molecule has 4 aromatic rings. The van der Waals surface area contributed by atoms with E-state index in [9.17, 15) is 14.0 Å². The van der Waals surface area contributed by atoms with Crippen LogP contribution in [-0.2, 0) is 16.0 Å². The fourth-order valence-corrected chi connectivity index (χ4v) is 5.59. The van der Waals surface area contributed by atoms with E-state index in [2.05, 4.69) is 9.97 Å². The van der Waals surface area contributed by atoms with Crippen LogP contribution in [0.5, 0.6) is 0 Å². The van der Waals surface area contributed by atoms with E-state index in [1.54, 1.807) is 12.1 Å². The maximum Gasteiger partial charge on any atom is 0.138 e. The Morgan fingerprint density at radius 1 is 0.973 bits per heavy atom. The van der Waals surface area contributed by atoms with Crippen molar-refractivity contribution in [2.75, 3.05) is 0 Å². The number of hydrogen-bond acceptors (Lipinski definition) is 3. The summed E-state index contributed by atoms with van der Waals surface area (Å²) in [6.07, 6.45) is 5.04. The largest absolute Gasteiger partial charge is 0.338 e. The monoisotopic (exact) mass is 496 g/mol. The van der Waals surface area contributed by atoms with Gasteiger partial charge in [0.25, 0.3) is 0 Å². The number of H-pyrrole nitrogens is 1. The Bertz CT molecular complexity index is 1370. The van der Waals surface area contributed by atoms with Crippen molar-refractivity contribution in [3.63, 3.8) is 0 Å². The predicted molar refractivity (Wildman–Crippen MR) is 145 cm³/mol. The predicted octanol–water partition coefficient (Wildman–Crippen LogP) is 7.44. The van der Waals surface area contributed by atoms with Gasteiger partial charge in [-0.25, -0.2) is 9.37 Å². The molecule has 1 aliphatic carbocycles. The molecular weight excluding hydrogens is 463 g/mol. The summed E-state index contributed by atoms with van der Waals surface area (Å²) in [7, 11) is 0. The number of carbonyl (C=O) groups excluding carboxylic acids is 2. The topological polar surface area (TPSA) is 62.8 Å². The zero-order chi connectivity index (χ0) is 25.8. The first-order chi connectivity index (χ1) is 17.9. The van der Waals surface area contributed by atoms with E-state index in [0.717, 1.165) is 59.2 Å². The Morgan fingerprint density at radius 3 is 2.43 bits per heavy atom. The molecule has 1 heterocycles. The highest BCUT2D eigenvalue weighted by molar-refractivity contribution is 5.85. The van der Waals surface area contributed by atoms with Crippen molar-refractivity contribution in [1.82, 2.24) is 9.97 Å². The van der Waals surface area contributed by atoms with Gasteiger partial charge in [-0.2, -0.15) is 0 Å². The molecule has 1 aromatic heterocycles. The first-order valence-corrected chi connectivity index (χ1v) is 13.3. The third-order valence-electron chi connectivity index (χ3n) is 7.76. The second-order valence-electron chi connectivity index (χ2n) is 10.6. The first kappa shape index (κ1) is 25.1. The molecule has 190 valence electrons. The van der Waals surface area contributed by atoms with Gasteiger partial charge in [-0.05, 0) is 72.9 Å². The quantitative estimate of drug-likeness (QED) is 0.262. The zero-order valence-corrected chi connectivity index (χ0v) is 21.3. The molecule has 1 atom stereocenters. The van der Waals surface area contributed by atoms with Gasteiger partial charge >= 0.3 is 0 Å². The first-order valence-electron chi connectivity index (χ1n) is 13.3. The fraction of sp³-hybridized carbons (Fsp3) is 0.344. The lowest BCUT2D eigenvalue weighted by Gasteiger charge is -2.28. The second-order valence-corrected chi connectivity index (χ2v) is 10.6. The molecule has 3 aromatic carbocycles. The lowest BCUT2D eigenvalue weighted by atomic mass is 9.76. The van der Waals surface area contributed by atoms with Crippen LogP contribution in [0.15, 0.2) is 72.8 Å². The van der Waals surface area contributed by atoms with Crippen molar-refractivity contribution >= 4 is 22.6 Å². The van der Waals surface area contributed by atoms with Crippen LogP contribution < -0.4 is 0 Å². The molecule has 0 saturated heterocycles. The number of halogens is 1. The molecule has 1 fully saturated rings. The molecule has 0 unspecified atom stereocenters. The smallest absolute Gasteiger partial charge is 0.138 e. The number of fused-ring (bicyclic) bond motifs is 1. The Hall–Kier alpha value is -3.60. The highest BCUT2D eigenvalue weighted by atomic mass is 19.1. The van der Waals surface area contributed by atoms with Crippen LogP contribution in [0.4, 0.5) is 4.39 Å². The minimum atomic E-state index is -0.255. The van der Waals surface area contributed by atoms with Crippen LogP contribution in [0.2, 0.25) is 0 Å². The molecule has 5 heteroatoms. The second kappa shape index (κ2) is 11.2. The van der Waals surface area contributed by atoms with Crippen molar-refractivity contribution in [3.8, 4) is 11.4 Å². The lowest BCUT2D eigenvalue weighted by molar-refractivity contribution is -0.124. The molecule has 0 aliphatic heterocycles. The molecule has 0 radical (unpaired) electrons. The maximum absolute atomic E-state index is 13.2. The number of carbonyl (C=O) groups is 2. The number of Topliss-reactive ketones (excluding diaryl/α,β-unsaturated/α-hetero) is 2. The van der Waals surface area contributed by atoms with E-state index in [1.807, 2.05) is 55.5 Å². The standard InChI is InChI=1S/C32H33FN2O2/c1-21(24-12-14-27(33)15-13-24)17-31(37)25-10-7-22(8-11-25)18-28(36)19-23-9-16-29-30(20-23)35-32(34-29)26-5-3-2-4-6-26/h2-6,9,12-16,20-22,25H,7-8,10-11,17-19H2,1H3,(H,34,35)/t21-,22?,25?/m0/s1. The molecule has 1 aliphatic rings. The normalized spacial score (nSPS) is 18.5. The van der Waals surface area contributed by atoms with Gasteiger partial charge in [-0.1, -0.05) is 55.5 Å². The van der Waals surface area contributed by atoms with Crippen LogP contribution in [0.1, 0.15) is 62.5 Å². The minimum Gasteiger partial charge on any atom is -0.338 e. The van der Waals surface area contributed by atoms with Gasteiger partial charge in [0.15, 0.2) is 0 Å². The minimum absolute atomic E-state index is 0.0795. The number of hydrogen-bond donors (Lipinski definition) is 1. The van der Waals surface area contributed by atoms with Gasteiger partial charge in [0.2, 0.25) is 0 Å². The fourth-order valence-electron chi connectivity index (χ4n) is 5.59. The van der Waals surface area contributed by atoms with E-state index >= 15 is 0 Å². The lowest BCUT2D eigenvalue weighted by Crippen LogP contribution is -2.24. The van der Waals surface area contributed by atoms with Gasteiger partial charge < -0.3 is 4.98 Å². The Kier molecular flexibility index (Phi) is 7.59. The highest BCUT2D eigenvalue weighted by Gasteiger charge is 2.28. The number of nitrogens with zero attached hydrogens (tertiary/aromatic N) is 1. The summed E-state index contributed by atoms with van der Waals surface area (Å²) >= 11 is 0. The summed E-state index contributed by atoms with van der Waals surface area (Å²) in [5.74, 6) is 1.64. The summed E-state index contributed by atoms with van der Waals surface area (Å²) in [5.41, 5.74) is 4.87. The van der Waals surface area contributed by atoms with Crippen LogP contribution in [-0.4, -0.2) is 21.5 Å². The number of aromatic amines is 1. The van der Waals surface area contributed by atoms with E-state index in [0.29, 0.717) is 31.0 Å². The molecule has 5 rings (SSSR count).